The first-order chi connectivity index (χ1) is 9.04. The van der Waals surface area contributed by atoms with Crippen LogP contribution in [-0.4, -0.2) is 49.6 Å². The van der Waals surface area contributed by atoms with Crippen molar-refractivity contribution in [1.82, 2.24) is 9.80 Å². The van der Waals surface area contributed by atoms with E-state index < -0.39 is 0 Å². The molecule has 0 aliphatic carbocycles. The summed E-state index contributed by atoms with van der Waals surface area (Å²) in [6.07, 6.45) is 1.24. The normalized spacial score (nSPS) is 15.1. The van der Waals surface area contributed by atoms with E-state index in [0.29, 0.717) is 10.8 Å². The van der Waals surface area contributed by atoms with Crippen LogP contribution in [0.1, 0.15) is 68.7 Å². The highest BCUT2D eigenvalue weighted by Crippen LogP contribution is 2.41. The van der Waals surface area contributed by atoms with Gasteiger partial charge in [-0.1, -0.05) is 48.5 Å². The van der Waals surface area contributed by atoms with E-state index >= 15 is 0 Å². The highest BCUT2D eigenvalue weighted by atomic mass is 15.2. The average molecular weight is 299 g/mol. The van der Waals surface area contributed by atoms with Crippen LogP contribution in [0.25, 0.3) is 0 Å². The average Bonchev–Trinajstić information content (AvgIpc) is 2.23. The van der Waals surface area contributed by atoms with E-state index in [9.17, 15) is 0 Å². The molecule has 0 radical (unpaired) electrons. The number of nitrogens with zero attached hydrogens (tertiary/aromatic N) is 2. The van der Waals surface area contributed by atoms with Crippen molar-refractivity contribution >= 4 is 0 Å². The largest absolute Gasteiger partial charge is 0.306 e. The van der Waals surface area contributed by atoms with Crippen LogP contribution >= 0.6 is 0 Å². The maximum Gasteiger partial charge on any atom is 0.0210 e. The fraction of sp³-hybridized carbons (Fsp3) is 1.00. The van der Waals surface area contributed by atoms with Gasteiger partial charge in [-0.15, -0.1) is 0 Å². The standard InChI is InChI=1S/C19H42N2/c1-16(2,3)17(4,5)13-14-21(12)15-18(6,7)19(8,9)20(10)11/h13-15H2,1-12H3. The van der Waals surface area contributed by atoms with Crippen LogP contribution in [0.3, 0.4) is 0 Å². The van der Waals surface area contributed by atoms with Crippen LogP contribution < -0.4 is 0 Å². The van der Waals surface area contributed by atoms with E-state index in [1.54, 1.807) is 0 Å². The Hall–Kier alpha value is -0.0800. The highest BCUT2D eigenvalue weighted by Gasteiger charge is 2.40. The van der Waals surface area contributed by atoms with Crippen molar-refractivity contribution in [3.05, 3.63) is 0 Å². The van der Waals surface area contributed by atoms with Gasteiger partial charge in [-0.3, -0.25) is 0 Å². The molecule has 0 aromatic heterocycles. The molecule has 128 valence electrons. The molecule has 0 saturated heterocycles. The monoisotopic (exact) mass is 298 g/mol. The van der Waals surface area contributed by atoms with Crippen molar-refractivity contribution in [2.24, 2.45) is 16.2 Å². The molecule has 0 spiro atoms. The molecule has 2 nitrogen and oxygen atoms in total. The van der Waals surface area contributed by atoms with E-state index in [1.165, 1.54) is 6.42 Å². The highest BCUT2D eigenvalue weighted by molar-refractivity contribution is 4.95. The van der Waals surface area contributed by atoms with Gasteiger partial charge in [0.1, 0.15) is 0 Å². The molecule has 0 aromatic rings. The molecule has 0 N–H and O–H groups in total. The first kappa shape index (κ1) is 20.9. The Bertz CT molecular complexity index is 319. The first-order valence-electron chi connectivity index (χ1n) is 8.40. The fourth-order valence-electron chi connectivity index (χ4n) is 2.40. The molecule has 0 aliphatic rings. The Balaban J connectivity index is 4.69. The van der Waals surface area contributed by atoms with Crippen molar-refractivity contribution in [2.45, 2.75) is 74.3 Å². The van der Waals surface area contributed by atoms with Crippen LogP contribution in [0.4, 0.5) is 0 Å². The van der Waals surface area contributed by atoms with Gasteiger partial charge in [0, 0.05) is 12.1 Å². The SMILES string of the molecule is CN(CCC(C)(C)C(C)(C)C)CC(C)(C)C(C)(C)N(C)C. The molecule has 21 heavy (non-hydrogen) atoms. The lowest BCUT2D eigenvalue weighted by molar-refractivity contribution is 0.0191. The number of hydrogen-bond donors (Lipinski definition) is 0. The lowest BCUT2D eigenvalue weighted by atomic mass is 9.67. The zero-order valence-corrected chi connectivity index (χ0v) is 17.0. The first-order valence-corrected chi connectivity index (χ1v) is 8.40. The molecule has 0 heterocycles. The number of hydrogen-bond acceptors (Lipinski definition) is 2. The topological polar surface area (TPSA) is 6.48 Å². The van der Waals surface area contributed by atoms with Gasteiger partial charge in [0.25, 0.3) is 0 Å². The van der Waals surface area contributed by atoms with Crippen LogP contribution in [0.2, 0.25) is 0 Å². The molecular formula is C19H42N2. The molecule has 0 atom stereocenters. The predicted octanol–water partition coefficient (Wildman–Crippen LogP) is 4.75. The van der Waals surface area contributed by atoms with E-state index in [2.05, 4.69) is 93.3 Å². The minimum absolute atomic E-state index is 0.181. The fourth-order valence-corrected chi connectivity index (χ4v) is 2.40. The van der Waals surface area contributed by atoms with Crippen LogP contribution in [-0.2, 0) is 0 Å². The molecule has 0 fully saturated rings. The molecule has 0 saturated carbocycles. The molecule has 0 aromatic carbocycles. The molecule has 0 unspecified atom stereocenters. The second-order valence-electron chi connectivity index (χ2n) is 9.96. The van der Waals surface area contributed by atoms with Gasteiger partial charge >= 0.3 is 0 Å². The van der Waals surface area contributed by atoms with Crippen molar-refractivity contribution in [1.29, 1.82) is 0 Å². The third-order valence-electron chi connectivity index (χ3n) is 6.59. The Morgan fingerprint density at radius 2 is 1.10 bits per heavy atom. The van der Waals surface area contributed by atoms with E-state index in [0.717, 1.165) is 13.1 Å². The van der Waals surface area contributed by atoms with Gasteiger partial charge in [0.15, 0.2) is 0 Å². The maximum absolute atomic E-state index is 2.51. The molecular weight excluding hydrogens is 256 g/mol. The van der Waals surface area contributed by atoms with Gasteiger partial charge in [-0.2, -0.15) is 0 Å². The maximum atomic E-state index is 2.51. The molecule has 2 heteroatoms. The lowest BCUT2D eigenvalue weighted by Gasteiger charge is -2.48. The summed E-state index contributed by atoms with van der Waals surface area (Å²) >= 11 is 0. The quantitative estimate of drug-likeness (QED) is 0.669. The van der Waals surface area contributed by atoms with Crippen LogP contribution in [0.5, 0.6) is 0 Å². The summed E-state index contributed by atoms with van der Waals surface area (Å²) in [5.41, 5.74) is 1.15. The summed E-state index contributed by atoms with van der Waals surface area (Å²) in [6.45, 7) is 23.6. The molecule has 0 rings (SSSR count). The van der Waals surface area contributed by atoms with Crippen molar-refractivity contribution in [2.75, 3.05) is 34.2 Å². The van der Waals surface area contributed by atoms with Crippen LogP contribution in [0, 0.1) is 16.2 Å². The summed E-state index contributed by atoms with van der Waals surface area (Å²) in [4.78, 5) is 4.86. The van der Waals surface area contributed by atoms with E-state index in [4.69, 9.17) is 0 Å². The minimum Gasteiger partial charge on any atom is -0.306 e. The van der Waals surface area contributed by atoms with Crippen LogP contribution in [0.15, 0.2) is 0 Å². The lowest BCUT2D eigenvalue weighted by Crippen LogP contribution is -2.54. The van der Waals surface area contributed by atoms with Gasteiger partial charge < -0.3 is 9.80 Å². The van der Waals surface area contributed by atoms with Crippen molar-refractivity contribution in [3.8, 4) is 0 Å². The Morgan fingerprint density at radius 3 is 1.43 bits per heavy atom. The minimum atomic E-state index is 0.181. The smallest absolute Gasteiger partial charge is 0.0210 e. The molecule has 0 amide bonds. The van der Waals surface area contributed by atoms with Gasteiger partial charge in [-0.05, 0) is 64.2 Å². The van der Waals surface area contributed by atoms with Gasteiger partial charge in [0.05, 0.1) is 0 Å². The molecule has 0 aliphatic heterocycles. The van der Waals surface area contributed by atoms with Gasteiger partial charge in [-0.25, -0.2) is 0 Å². The third kappa shape index (κ3) is 5.25. The third-order valence-corrected chi connectivity index (χ3v) is 6.59. The summed E-state index contributed by atoms with van der Waals surface area (Å²) in [7, 11) is 6.64. The molecule has 0 bridgehead atoms. The summed E-state index contributed by atoms with van der Waals surface area (Å²) in [5.74, 6) is 0. The van der Waals surface area contributed by atoms with E-state index in [-0.39, 0.29) is 11.0 Å². The predicted molar refractivity (Wildman–Crippen MR) is 96.9 cm³/mol. The second kappa shape index (κ2) is 6.58. The summed E-state index contributed by atoms with van der Waals surface area (Å²) in [5, 5.41) is 0. The number of rotatable bonds is 7. The zero-order chi connectivity index (χ0) is 17.3. The van der Waals surface area contributed by atoms with Crippen molar-refractivity contribution in [3.63, 3.8) is 0 Å². The summed E-state index contributed by atoms with van der Waals surface area (Å²) in [6, 6.07) is 0. The Morgan fingerprint density at radius 1 is 0.667 bits per heavy atom. The van der Waals surface area contributed by atoms with Gasteiger partial charge in [0.2, 0.25) is 0 Å². The Labute approximate surface area is 135 Å². The Kier molecular flexibility index (Phi) is 6.55. The van der Waals surface area contributed by atoms with Crippen molar-refractivity contribution < 1.29 is 0 Å². The second-order valence-corrected chi connectivity index (χ2v) is 9.96. The zero-order valence-electron chi connectivity index (χ0n) is 17.0. The van der Waals surface area contributed by atoms with E-state index in [1.807, 2.05) is 0 Å². The summed E-state index contributed by atoms with van der Waals surface area (Å²) < 4.78 is 0.